The third-order valence-electron chi connectivity index (χ3n) is 4.25. The number of benzene rings is 1. The zero-order chi connectivity index (χ0) is 19.6. The van der Waals surface area contributed by atoms with E-state index in [1.165, 1.54) is 11.3 Å². The number of anilines is 2. The molecule has 3 rings (SSSR count). The Balaban J connectivity index is 1.70. The van der Waals surface area contributed by atoms with Crippen molar-refractivity contribution in [3.05, 3.63) is 29.3 Å². The highest BCUT2D eigenvalue weighted by Gasteiger charge is 2.36. The van der Waals surface area contributed by atoms with Gasteiger partial charge in [-0.25, -0.2) is 0 Å². The predicted octanol–water partition coefficient (Wildman–Crippen LogP) is 3.23. The van der Waals surface area contributed by atoms with Crippen molar-refractivity contribution in [2.75, 3.05) is 23.4 Å². The SMILES string of the molecule is CCOc1ccccc1N1CC(C(=O)Nc2nnc(C(C)(C)C)s2)CC1=O. The average molecular weight is 388 g/mol. The molecule has 0 saturated carbocycles. The Kier molecular flexibility index (Phi) is 5.46. The molecule has 1 atom stereocenters. The van der Waals surface area contributed by atoms with Crippen molar-refractivity contribution in [1.82, 2.24) is 10.2 Å². The lowest BCUT2D eigenvalue weighted by molar-refractivity contribution is -0.122. The molecule has 2 heterocycles. The summed E-state index contributed by atoms with van der Waals surface area (Å²) in [5, 5.41) is 12.3. The number of hydrogen-bond donors (Lipinski definition) is 1. The molecule has 1 aromatic heterocycles. The maximum Gasteiger partial charge on any atom is 0.231 e. The van der Waals surface area contributed by atoms with Gasteiger partial charge >= 0.3 is 0 Å². The van der Waals surface area contributed by atoms with Gasteiger partial charge in [-0.3, -0.25) is 9.59 Å². The predicted molar refractivity (Wildman–Crippen MR) is 105 cm³/mol. The lowest BCUT2D eigenvalue weighted by atomic mass is 9.98. The van der Waals surface area contributed by atoms with Crippen LogP contribution in [0.15, 0.2) is 24.3 Å². The molecule has 1 saturated heterocycles. The molecule has 2 amide bonds. The lowest BCUT2D eigenvalue weighted by Gasteiger charge is -2.20. The molecule has 0 spiro atoms. The van der Waals surface area contributed by atoms with E-state index in [1.54, 1.807) is 4.90 Å². The Hall–Kier alpha value is -2.48. The number of rotatable bonds is 5. The first kappa shape index (κ1) is 19.3. The number of para-hydroxylation sites is 2. The quantitative estimate of drug-likeness (QED) is 0.850. The first-order valence-electron chi connectivity index (χ1n) is 8.96. The molecular formula is C19H24N4O3S. The van der Waals surface area contributed by atoms with Crippen LogP contribution in [0, 0.1) is 5.92 Å². The number of carbonyl (C=O) groups is 2. The van der Waals surface area contributed by atoms with Gasteiger partial charge in [0.25, 0.3) is 0 Å². The van der Waals surface area contributed by atoms with Crippen LogP contribution in [0.2, 0.25) is 0 Å². The molecule has 144 valence electrons. The van der Waals surface area contributed by atoms with Crippen LogP contribution in [0.4, 0.5) is 10.8 Å². The van der Waals surface area contributed by atoms with Gasteiger partial charge in [0.05, 0.1) is 18.2 Å². The van der Waals surface area contributed by atoms with Gasteiger partial charge in [0.1, 0.15) is 10.8 Å². The molecule has 1 aliphatic heterocycles. The highest BCUT2D eigenvalue weighted by molar-refractivity contribution is 7.15. The Morgan fingerprint density at radius 3 is 2.74 bits per heavy atom. The number of nitrogens with one attached hydrogen (secondary N) is 1. The van der Waals surface area contributed by atoms with Crippen LogP contribution in [0.3, 0.4) is 0 Å². The minimum absolute atomic E-state index is 0.0880. The summed E-state index contributed by atoms with van der Waals surface area (Å²) in [6, 6.07) is 7.38. The number of nitrogens with zero attached hydrogens (tertiary/aromatic N) is 3. The maximum atomic E-state index is 12.6. The van der Waals surface area contributed by atoms with Crippen LogP contribution >= 0.6 is 11.3 Å². The third-order valence-corrected chi connectivity index (χ3v) is 5.51. The summed E-state index contributed by atoms with van der Waals surface area (Å²) in [5.74, 6) is -0.0891. The number of hydrogen-bond acceptors (Lipinski definition) is 6. The van der Waals surface area contributed by atoms with E-state index in [0.717, 1.165) is 5.01 Å². The summed E-state index contributed by atoms with van der Waals surface area (Å²) < 4.78 is 5.61. The van der Waals surface area contributed by atoms with E-state index in [1.807, 2.05) is 52.0 Å². The second-order valence-electron chi connectivity index (χ2n) is 7.46. The van der Waals surface area contributed by atoms with E-state index in [0.29, 0.717) is 29.7 Å². The number of amides is 2. The van der Waals surface area contributed by atoms with Crippen LogP contribution in [-0.4, -0.2) is 35.2 Å². The van der Waals surface area contributed by atoms with Crippen molar-refractivity contribution in [1.29, 1.82) is 0 Å². The van der Waals surface area contributed by atoms with Gasteiger partial charge in [-0.2, -0.15) is 0 Å². The van der Waals surface area contributed by atoms with Crippen molar-refractivity contribution in [3.8, 4) is 5.75 Å². The van der Waals surface area contributed by atoms with Crippen molar-refractivity contribution < 1.29 is 14.3 Å². The molecule has 8 heteroatoms. The summed E-state index contributed by atoms with van der Waals surface area (Å²) in [4.78, 5) is 26.7. The van der Waals surface area contributed by atoms with Gasteiger partial charge in [-0.15, -0.1) is 10.2 Å². The highest BCUT2D eigenvalue weighted by atomic mass is 32.1. The lowest BCUT2D eigenvalue weighted by Crippen LogP contribution is -2.28. The fourth-order valence-electron chi connectivity index (χ4n) is 2.86. The van der Waals surface area contributed by atoms with Crippen molar-refractivity contribution >= 4 is 34.0 Å². The average Bonchev–Trinajstić information content (AvgIpc) is 3.22. The van der Waals surface area contributed by atoms with E-state index in [-0.39, 0.29) is 23.7 Å². The minimum atomic E-state index is -0.436. The second-order valence-corrected chi connectivity index (χ2v) is 8.44. The second kappa shape index (κ2) is 7.64. The molecule has 1 aliphatic rings. The number of carbonyl (C=O) groups excluding carboxylic acids is 2. The molecule has 0 radical (unpaired) electrons. The monoisotopic (exact) mass is 388 g/mol. The Bertz CT molecular complexity index is 843. The molecule has 1 N–H and O–H groups in total. The Morgan fingerprint density at radius 2 is 2.07 bits per heavy atom. The molecule has 0 bridgehead atoms. The molecule has 1 fully saturated rings. The zero-order valence-electron chi connectivity index (χ0n) is 16.0. The van der Waals surface area contributed by atoms with E-state index >= 15 is 0 Å². The van der Waals surface area contributed by atoms with Crippen LogP contribution in [0.1, 0.15) is 39.1 Å². The van der Waals surface area contributed by atoms with Gasteiger partial charge in [0, 0.05) is 18.4 Å². The van der Waals surface area contributed by atoms with E-state index in [4.69, 9.17) is 4.74 Å². The highest BCUT2D eigenvalue weighted by Crippen LogP contribution is 2.34. The fraction of sp³-hybridized carbons (Fsp3) is 0.474. The van der Waals surface area contributed by atoms with E-state index in [2.05, 4.69) is 15.5 Å². The van der Waals surface area contributed by atoms with Crippen molar-refractivity contribution in [2.45, 2.75) is 39.5 Å². The number of ether oxygens (including phenoxy) is 1. The standard InChI is InChI=1S/C19H24N4O3S/c1-5-26-14-9-7-6-8-13(14)23-11-12(10-15(23)24)16(25)20-18-22-21-17(27-18)19(2,3)4/h6-9,12H,5,10-11H2,1-4H3,(H,20,22,25). The molecule has 2 aromatic rings. The van der Waals surface area contributed by atoms with Crippen LogP contribution in [-0.2, 0) is 15.0 Å². The van der Waals surface area contributed by atoms with Gasteiger partial charge in [-0.1, -0.05) is 44.2 Å². The molecular weight excluding hydrogens is 364 g/mol. The summed E-state index contributed by atoms with van der Waals surface area (Å²) in [6.07, 6.45) is 0.164. The van der Waals surface area contributed by atoms with E-state index in [9.17, 15) is 9.59 Å². The summed E-state index contributed by atoms with van der Waals surface area (Å²) in [7, 11) is 0. The van der Waals surface area contributed by atoms with E-state index < -0.39 is 5.92 Å². The van der Waals surface area contributed by atoms with Gasteiger partial charge in [0.2, 0.25) is 16.9 Å². The third kappa shape index (κ3) is 4.27. The first-order valence-corrected chi connectivity index (χ1v) is 9.78. The van der Waals surface area contributed by atoms with Crippen molar-refractivity contribution in [2.24, 2.45) is 5.92 Å². The Morgan fingerprint density at radius 1 is 1.33 bits per heavy atom. The number of aromatic nitrogens is 2. The van der Waals surface area contributed by atoms with Crippen molar-refractivity contribution in [3.63, 3.8) is 0 Å². The first-order chi connectivity index (χ1) is 12.8. The van der Waals surface area contributed by atoms with Crippen LogP contribution in [0.5, 0.6) is 5.75 Å². The van der Waals surface area contributed by atoms with Gasteiger partial charge in [0.15, 0.2) is 0 Å². The topological polar surface area (TPSA) is 84.4 Å². The molecule has 0 aliphatic carbocycles. The zero-order valence-corrected chi connectivity index (χ0v) is 16.8. The Labute approximate surface area is 162 Å². The largest absolute Gasteiger partial charge is 0.492 e. The fourth-order valence-corrected chi connectivity index (χ4v) is 3.66. The smallest absolute Gasteiger partial charge is 0.231 e. The summed E-state index contributed by atoms with van der Waals surface area (Å²) in [6.45, 7) is 8.86. The molecule has 7 nitrogen and oxygen atoms in total. The maximum absolute atomic E-state index is 12.6. The summed E-state index contributed by atoms with van der Waals surface area (Å²) in [5.41, 5.74) is 0.578. The van der Waals surface area contributed by atoms with Gasteiger partial charge in [-0.05, 0) is 19.1 Å². The summed E-state index contributed by atoms with van der Waals surface area (Å²) >= 11 is 1.36. The van der Waals surface area contributed by atoms with Crippen LogP contribution in [0.25, 0.3) is 0 Å². The minimum Gasteiger partial charge on any atom is -0.492 e. The molecule has 27 heavy (non-hydrogen) atoms. The van der Waals surface area contributed by atoms with Crippen LogP contribution < -0.4 is 15.0 Å². The molecule has 1 unspecified atom stereocenters. The molecule has 1 aromatic carbocycles. The normalized spacial score (nSPS) is 17.3. The van der Waals surface area contributed by atoms with Gasteiger partial charge < -0.3 is 15.0 Å².